The number of hydrogen-bond donors (Lipinski definition) is 1. The zero-order chi connectivity index (χ0) is 18.2. The van der Waals surface area contributed by atoms with Gasteiger partial charge in [-0.25, -0.2) is 9.67 Å². The second-order valence-corrected chi connectivity index (χ2v) is 5.98. The van der Waals surface area contributed by atoms with E-state index < -0.39 is 17.5 Å². The molecule has 0 aliphatic rings. The van der Waals surface area contributed by atoms with Crippen LogP contribution in [0.3, 0.4) is 0 Å². The largest absolute Gasteiger partial charge is 0.507 e. The second-order valence-electron chi connectivity index (χ2n) is 5.07. The van der Waals surface area contributed by atoms with Crippen LogP contribution < -0.4 is 0 Å². The molecule has 25 heavy (non-hydrogen) atoms. The van der Waals surface area contributed by atoms with E-state index in [1.54, 1.807) is 6.07 Å². The number of aromatic nitrogens is 3. The summed E-state index contributed by atoms with van der Waals surface area (Å²) in [6, 6.07) is 6.46. The molecule has 128 valence electrons. The van der Waals surface area contributed by atoms with Crippen molar-refractivity contribution >= 4 is 21.7 Å². The molecule has 1 aromatic carbocycles. The molecule has 2 aromatic heterocycles. The monoisotopic (exact) mass is 411 g/mol. The summed E-state index contributed by atoms with van der Waals surface area (Å²) in [6.07, 6.45) is -1.20. The number of hydrogen-bond acceptors (Lipinski definition) is 4. The Kier molecular flexibility index (Phi) is 4.34. The molecule has 1 N–H and O–H groups in total. The molecule has 3 rings (SSSR count). The van der Waals surface area contributed by atoms with Gasteiger partial charge in [-0.1, -0.05) is 15.9 Å². The maximum Gasteiger partial charge on any atom is 0.417 e. The van der Waals surface area contributed by atoms with E-state index in [2.05, 4.69) is 26.0 Å². The summed E-state index contributed by atoms with van der Waals surface area (Å²) in [7, 11) is 0. The molecule has 0 saturated carbocycles. The molecule has 0 aliphatic heterocycles. The Balaban J connectivity index is 1.90. The minimum absolute atomic E-state index is 0.0781. The van der Waals surface area contributed by atoms with Gasteiger partial charge < -0.3 is 5.11 Å². The number of pyridine rings is 1. The quantitative estimate of drug-likeness (QED) is 0.661. The standard InChI is InChI=1S/C16H9BrF3N3O2/c17-11-2-3-13(24)12(5-11)15(25)9-6-22-23(8-9)14-4-1-10(7-21-14)16(18,19)20/h1-8,24H. The molecule has 0 amide bonds. The molecule has 5 nitrogen and oxygen atoms in total. The van der Waals surface area contributed by atoms with Gasteiger partial charge in [0.05, 0.1) is 22.9 Å². The van der Waals surface area contributed by atoms with Crippen molar-refractivity contribution in [2.75, 3.05) is 0 Å². The number of halogens is 4. The van der Waals surface area contributed by atoms with Gasteiger partial charge in [-0.3, -0.25) is 4.79 Å². The number of benzene rings is 1. The first kappa shape index (κ1) is 17.2. The Morgan fingerprint density at radius 2 is 1.92 bits per heavy atom. The Bertz CT molecular complexity index is 937. The van der Waals surface area contributed by atoms with Crippen LogP contribution in [0.2, 0.25) is 0 Å². The molecule has 0 spiro atoms. The Labute approximate surface area is 147 Å². The van der Waals surface area contributed by atoms with Crippen LogP contribution in [-0.4, -0.2) is 25.7 Å². The lowest BCUT2D eigenvalue weighted by Gasteiger charge is -2.06. The van der Waals surface area contributed by atoms with Crippen molar-refractivity contribution in [3.05, 3.63) is 70.1 Å². The lowest BCUT2D eigenvalue weighted by molar-refractivity contribution is -0.137. The highest BCUT2D eigenvalue weighted by atomic mass is 79.9. The number of carbonyl (C=O) groups excluding carboxylic acids is 1. The number of aromatic hydroxyl groups is 1. The van der Waals surface area contributed by atoms with E-state index in [9.17, 15) is 23.1 Å². The van der Waals surface area contributed by atoms with Crippen LogP contribution >= 0.6 is 15.9 Å². The summed E-state index contributed by atoms with van der Waals surface area (Å²) in [5.41, 5.74) is -0.636. The first-order valence-corrected chi connectivity index (χ1v) is 7.66. The predicted molar refractivity (Wildman–Crippen MR) is 85.6 cm³/mol. The van der Waals surface area contributed by atoms with E-state index in [0.29, 0.717) is 10.7 Å². The molecular formula is C16H9BrF3N3O2. The predicted octanol–water partition coefficient (Wildman–Crippen LogP) is 3.99. The molecule has 9 heteroatoms. The van der Waals surface area contributed by atoms with Gasteiger partial charge in [0.2, 0.25) is 0 Å². The molecule has 0 aliphatic carbocycles. The molecule has 0 bridgehead atoms. The van der Waals surface area contributed by atoms with Gasteiger partial charge in [-0.2, -0.15) is 18.3 Å². The zero-order valence-corrected chi connectivity index (χ0v) is 13.9. The first-order chi connectivity index (χ1) is 11.8. The van der Waals surface area contributed by atoms with Crippen LogP contribution in [0.5, 0.6) is 5.75 Å². The highest BCUT2D eigenvalue weighted by molar-refractivity contribution is 9.10. The number of alkyl halides is 3. The third-order valence-electron chi connectivity index (χ3n) is 3.36. The fraction of sp³-hybridized carbons (Fsp3) is 0.0625. The minimum Gasteiger partial charge on any atom is -0.507 e. The number of rotatable bonds is 3. The molecule has 3 aromatic rings. The van der Waals surface area contributed by atoms with Crippen LogP contribution in [0.1, 0.15) is 21.5 Å². The van der Waals surface area contributed by atoms with Gasteiger partial charge in [0.25, 0.3) is 0 Å². The summed E-state index contributed by atoms with van der Waals surface area (Å²) in [5, 5.41) is 13.7. The van der Waals surface area contributed by atoms with Crippen LogP contribution in [0, 0.1) is 0 Å². The second kappa shape index (κ2) is 6.32. The van der Waals surface area contributed by atoms with E-state index in [1.165, 1.54) is 29.2 Å². The number of phenols is 1. The van der Waals surface area contributed by atoms with Gasteiger partial charge >= 0.3 is 6.18 Å². The summed E-state index contributed by atoms with van der Waals surface area (Å²) in [5.74, 6) is -0.531. The lowest BCUT2D eigenvalue weighted by Crippen LogP contribution is -2.07. The van der Waals surface area contributed by atoms with Crippen molar-refractivity contribution in [1.29, 1.82) is 0 Å². The number of ketones is 1. The van der Waals surface area contributed by atoms with E-state index in [0.717, 1.165) is 12.1 Å². The summed E-state index contributed by atoms with van der Waals surface area (Å²) >= 11 is 3.22. The number of carbonyl (C=O) groups is 1. The molecular weight excluding hydrogens is 403 g/mol. The third-order valence-corrected chi connectivity index (χ3v) is 3.85. The van der Waals surface area contributed by atoms with Gasteiger partial charge in [-0.15, -0.1) is 0 Å². The summed E-state index contributed by atoms with van der Waals surface area (Å²) < 4.78 is 39.5. The van der Waals surface area contributed by atoms with Crippen molar-refractivity contribution in [2.24, 2.45) is 0 Å². The van der Waals surface area contributed by atoms with Crippen molar-refractivity contribution in [1.82, 2.24) is 14.8 Å². The smallest absolute Gasteiger partial charge is 0.417 e. The maximum absolute atomic E-state index is 12.6. The van der Waals surface area contributed by atoms with Crippen molar-refractivity contribution in [2.45, 2.75) is 6.18 Å². The van der Waals surface area contributed by atoms with E-state index >= 15 is 0 Å². The fourth-order valence-corrected chi connectivity index (χ4v) is 2.46. The topological polar surface area (TPSA) is 68.0 Å². The molecule has 0 saturated heterocycles. The Hall–Kier alpha value is -2.68. The maximum atomic E-state index is 12.6. The molecule has 0 atom stereocenters. The van der Waals surface area contributed by atoms with Gasteiger partial charge in [0, 0.05) is 16.9 Å². The van der Waals surface area contributed by atoms with E-state index in [4.69, 9.17) is 0 Å². The lowest BCUT2D eigenvalue weighted by atomic mass is 10.1. The fourth-order valence-electron chi connectivity index (χ4n) is 2.10. The van der Waals surface area contributed by atoms with Gasteiger partial charge in [0.1, 0.15) is 5.75 Å². The Morgan fingerprint density at radius 3 is 2.56 bits per heavy atom. The van der Waals surface area contributed by atoms with Crippen LogP contribution in [0.15, 0.2) is 53.4 Å². The summed E-state index contributed by atoms with van der Waals surface area (Å²) in [4.78, 5) is 16.2. The minimum atomic E-state index is -4.48. The van der Waals surface area contributed by atoms with Gasteiger partial charge in [0.15, 0.2) is 11.6 Å². The van der Waals surface area contributed by atoms with Crippen LogP contribution in [-0.2, 0) is 6.18 Å². The van der Waals surface area contributed by atoms with Crippen molar-refractivity contribution in [3.63, 3.8) is 0 Å². The molecule has 0 unspecified atom stereocenters. The van der Waals surface area contributed by atoms with Crippen molar-refractivity contribution in [3.8, 4) is 11.6 Å². The summed E-state index contributed by atoms with van der Waals surface area (Å²) in [6.45, 7) is 0. The molecule has 2 heterocycles. The Morgan fingerprint density at radius 1 is 1.16 bits per heavy atom. The molecule has 0 fully saturated rings. The van der Waals surface area contributed by atoms with E-state index in [-0.39, 0.29) is 22.7 Å². The zero-order valence-electron chi connectivity index (χ0n) is 12.3. The first-order valence-electron chi connectivity index (χ1n) is 6.87. The highest BCUT2D eigenvalue weighted by Crippen LogP contribution is 2.29. The molecule has 0 radical (unpaired) electrons. The highest BCUT2D eigenvalue weighted by Gasteiger charge is 2.30. The number of phenolic OH excluding ortho intramolecular Hbond substituents is 1. The normalized spacial score (nSPS) is 11.5. The third kappa shape index (κ3) is 3.55. The number of nitrogens with zero attached hydrogens (tertiary/aromatic N) is 3. The van der Waals surface area contributed by atoms with Crippen LogP contribution in [0.25, 0.3) is 5.82 Å². The van der Waals surface area contributed by atoms with E-state index in [1.807, 2.05) is 0 Å². The van der Waals surface area contributed by atoms with Crippen molar-refractivity contribution < 1.29 is 23.1 Å². The SMILES string of the molecule is O=C(c1cnn(-c2ccc(C(F)(F)F)cn2)c1)c1cc(Br)ccc1O. The average molecular weight is 412 g/mol. The van der Waals surface area contributed by atoms with Gasteiger partial charge in [-0.05, 0) is 30.3 Å². The average Bonchev–Trinajstić information content (AvgIpc) is 3.06. The van der Waals surface area contributed by atoms with Crippen LogP contribution in [0.4, 0.5) is 13.2 Å².